The maximum atomic E-state index is 11.5. The van der Waals surface area contributed by atoms with Crippen molar-refractivity contribution in [1.29, 1.82) is 0 Å². The van der Waals surface area contributed by atoms with Crippen molar-refractivity contribution in [2.24, 2.45) is 5.73 Å². The minimum atomic E-state index is -1.27. The number of nitrogens with two attached hydrogens (primary N) is 2. The summed E-state index contributed by atoms with van der Waals surface area (Å²) >= 11 is 0. The number of aromatic carboxylic acids is 1. The largest absolute Gasteiger partial charge is 0.477 e. The standard InChI is InChI=1S/C9H8N4O4.C9H11NO2/c1-17-9(16)6-2-5(8(14)15)12-7-4(10)3-11-13(6)7;1-12-9(11)8-4-2-7(6-10)3-5-8/h2-3H,10H2,1H3,(H,14,15);2-5H,6,10H2,1H3. The number of carbonyl (C=O) groups is 3. The number of aromatic nitrogens is 3. The van der Waals surface area contributed by atoms with Gasteiger partial charge in [0.1, 0.15) is 0 Å². The summed E-state index contributed by atoms with van der Waals surface area (Å²) in [5, 5.41) is 12.7. The molecule has 1 aromatic carbocycles. The molecule has 0 amide bonds. The SMILES string of the molecule is COC(=O)c1cc(C(=O)O)nc2c(N)cnn12.COC(=O)c1ccc(CN)cc1. The number of fused-ring (bicyclic) bond motifs is 1. The zero-order valence-corrected chi connectivity index (χ0v) is 15.7. The highest BCUT2D eigenvalue weighted by molar-refractivity contribution is 5.93. The van der Waals surface area contributed by atoms with Crippen molar-refractivity contribution in [2.75, 3.05) is 20.0 Å². The van der Waals surface area contributed by atoms with E-state index in [2.05, 4.69) is 19.6 Å². The summed E-state index contributed by atoms with van der Waals surface area (Å²) in [6.07, 6.45) is 1.28. The van der Waals surface area contributed by atoms with Crippen LogP contribution in [0.1, 0.15) is 36.9 Å². The van der Waals surface area contributed by atoms with Crippen LogP contribution in [-0.2, 0) is 16.0 Å². The predicted molar refractivity (Wildman–Crippen MR) is 101 cm³/mol. The van der Waals surface area contributed by atoms with Crippen LogP contribution in [0.15, 0.2) is 36.5 Å². The van der Waals surface area contributed by atoms with E-state index in [9.17, 15) is 14.4 Å². The fraction of sp³-hybridized carbons (Fsp3) is 0.167. The minimum Gasteiger partial charge on any atom is -0.477 e. The Morgan fingerprint density at radius 3 is 2.24 bits per heavy atom. The molecule has 29 heavy (non-hydrogen) atoms. The maximum Gasteiger partial charge on any atom is 0.356 e. The van der Waals surface area contributed by atoms with Gasteiger partial charge in [-0.1, -0.05) is 12.1 Å². The lowest BCUT2D eigenvalue weighted by Gasteiger charge is -2.04. The Morgan fingerprint density at radius 2 is 1.72 bits per heavy atom. The van der Waals surface area contributed by atoms with Crippen molar-refractivity contribution in [3.8, 4) is 0 Å². The number of benzene rings is 1. The van der Waals surface area contributed by atoms with E-state index >= 15 is 0 Å². The van der Waals surface area contributed by atoms with Gasteiger partial charge in [-0.25, -0.2) is 23.9 Å². The number of carboxylic acid groups (broad SMARTS) is 1. The van der Waals surface area contributed by atoms with Crippen molar-refractivity contribution >= 4 is 29.2 Å². The maximum absolute atomic E-state index is 11.5. The topological polar surface area (TPSA) is 172 Å². The second-order valence-electron chi connectivity index (χ2n) is 5.55. The zero-order valence-electron chi connectivity index (χ0n) is 15.7. The van der Waals surface area contributed by atoms with Crippen LogP contribution < -0.4 is 11.5 Å². The van der Waals surface area contributed by atoms with Crippen molar-refractivity contribution in [3.63, 3.8) is 0 Å². The highest BCUT2D eigenvalue weighted by atomic mass is 16.5. The molecule has 0 aliphatic rings. The van der Waals surface area contributed by atoms with Gasteiger partial charge >= 0.3 is 17.9 Å². The Bertz CT molecular complexity index is 1040. The summed E-state index contributed by atoms with van der Waals surface area (Å²) in [7, 11) is 2.54. The molecule has 11 nitrogen and oxygen atoms in total. The van der Waals surface area contributed by atoms with Gasteiger partial charge in [0.25, 0.3) is 0 Å². The van der Waals surface area contributed by atoms with Crippen LogP contribution in [0, 0.1) is 0 Å². The number of nitrogens with zero attached hydrogens (tertiary/aromatic N) is 3. The molecule has 0 spiro atoms. The van der Waals surface area contributed by atoms with E-state index in [0.29, 0.717) is 12.1 Å². The molecular formula is C18H19N5O6. The van der Waals surface area contributed by atoms with Crippen LogP contribution in [0.3, 0.4) is 0 Å². The first-order valence-electron chi connectivity index (χ1n) is 8.15. The Labute approximate surface area is 164 Å². The van der Waals surface area contributed by atoms with Gasteiger partial charge < -0.3 is 26.0 Å². The summed E-state index contributed by atoms with van der Waals surface area (Å²) in [4.78, 5) is 37.1. The lowest BCUT2D eigenvalue weighted by atomic mass is 10.1. The van der Waals surface area contributed by atoms with Crippen molar-refractivity contribution in [2.45, 2.75) is 6.54 Å². The first-order valence-corrected chi connectivity index (χ1v) is 8.15. The number of nitrogen functional groups attached to an aromatic ring is 1. The Morgan fingerprint density at radius 1 is 1.10 bits per heavy atom. The number of anilines is 1. The van der Waals surface area contributed by atoms with Gasteiger partial charge in [0.15, 0.2) is 17.0 Å². The summed E-state index contributed by atoms with van der Waals surface area (Å²) in [5.41, 5.74) is 12.4. The molecule has 0 saturated heterocycles. The van der Waals surface area contributed by atoms with Gasteiger partial charge in [0.2, 0.25) is 0 Å². The third-order valence-electron chi connectivity index (χ3n) is 3.72. The Hall–Kier alpha value is -3.99. The molecule has 3 aromatic rings. The average Bonchev–Trinajstić information content (AvgIpc) is 3.13. The van der Waals surface area contributed by atoms with Crippen LogP contribution in [0.4, 0.5) is 5.69 Å². The highest BCUT2D eigenvalue weighted by Gasteiger charge is 2.18. The molecule has 0 saturated carbocycles. The fourth-order valence-corrected chi connectivity index (χ4v) is 2.23. The lowest BCUT2D eigenvalue weighted by molar-refractivity contribution is 0.0585. The van der Waals surface area contributed by atoms with Gasteiger partial charge in [-0.15, -0.1) is 0 Å². The van der Waals surface area contributed by atoms with Gasteiger partial charge in [-0.05, 0) is 17.7 Å². The molecule has 2 heterocycles. The Kier molecular flexibility index (Phi) is 6.82. The third-order valence-corrected chi connectivity index (χ3v) is 3.72. The normalized spacial score (nSPS) is 10.0. The van der Waals surface area contributed by atoms with Crippen molar-refractivity contribution in [3.05, 3.63) is 59.0 Å². The molecule has 152 valence electrons. The summed E-state index contributed by atoms with van der Waals surface area (Å²) in [6, 6.07) is 8.11. The molecule has 11 heteroatoms. The quantitative estimate of drug-likeness (QED) is 0.529. The number of carboxylic acids is 1. The van der Waals surface area contributed by atoms with Crippen LogP contribution in [0.25, 0.3) is 5.65 Å². The van der Waals surface area contributed by atoms with E-state index in [1.54, 1.807) is 12.1 Å². The van der Waals surface area contributed by atoms with Crippen LogP contribution >= 0.6 is 0 Å². The van der Waals surface area contributed by atoms with E-state index in [1.807, 2.05) is 12.1 Å². The first kappa shape index (κ1) is 21.3. The van der Waals surface area contributed by atoms with Gasteiger partial charge in [-0.2, -0.15) is 5.10 Å². The molecular weight excluding hydrogens is 382 g/mol. The molecule has 3 rings (SSSR count). The molecule has 0 fully saturated rings. The van der Waals surface area contributed by atoms with Gasteiger partial charge in [0, 0.05) is 12.6 Å². The van der Waals surface area contributed by atoms with Crippen molar-refractivity contribution < 1.29 is 29.0 Å². The monoisotopic (exact) mass is 401 g/mol. The summed E-state index contributed by atoms with van der Waals surface area (Å²) in [5.74, 6) is -2.31. The number of methoxy groups -OCH3 is 2. The second-order valence-corrected chi connectivity index (χ2v) is 5.55. The number of hydrogen-bond acceptors (Lipinski definition) is 9. The zero-order chi connectivity index (χ0) is 21.6. The number of esters is 2. The smallest absolute Gasteiger partial charge is 0.356 e. The van der Waals surface area contributed by atoms with Crippen LogP contribution in [-0.4, -0.2) is 51.8 Å². The molecule has 0 bridgehead atoms. The first-order chi connectivity index (χ1) is 13.8. The van der Waals surface area contributed by atoms with Crippen LogP contribution in [0.5, 0.6) is 0 Å². The van der Waals surface area contributed by atoms with E-state index in [1.165, 1.54) is 20.4 Å². The number of ether oxygens (including phenoxy) is 2. The highest BCUT2D eigenvalue weighted by Crippen LogP contribution is 2.14. The fourth-order valence-electron chi connectivity index (χ4n) is 2.23. The molecule has 0 unspecified atom stereocenters. The minimum absolute atomic E-state index is 0.0494. The summed E-state index contributed by atoms with van der Waals surface area (Å²) in [6.45, 7) is 0.488. The van der Waals surface area contributed by atoms with Gasteiger partial charge in [0.05, 0.1) is 31.7 Å². The molecule has 0 aliphatic carbocycles. The molecule has 0 aliphatic heterocycles. The molecule has 0 radical (unpaired) electrons. The van der Waals surface area contributed by atoms with E-state index in [-0.39, 0.29) is 28.7 Å². The molecule has 2 aromatic heterocycles. The number of hydrogen-bond donors (Lipinski definition) is 3. The third kappa shape index (κ3) is 4.84. The predicted octanol–water partition coefficient (Wildman–Crippen LogP) is 0.728. The van der Waals surface area contributed by atoms with E-state index < -0.39 is 11.9 Å². The lowest BCUT2D eigenvalue weighted by Crippen LogP contribution is -2.13. The molecule has 5 N–H and O–H groups in total. The Balaban J connectivity index is 0.000000221. The van der Waals surface area contributed by atoms with E-state index in [0.717, 1.165) is 16.1 Å². The van der Waals surface area contributed by atoms with Gasteiger partial charge in [-0.3, -0.25) is 0 Å². The number of rotatable bonds is 4. The second kappa shape index (κ2) is 9.28. The number of carbonyl (C=O) groups excluding carboxylic acids is 2. The van der Waals surface area contributed by atoms with Crippen LogP contribution in [0.2, 0.25) is 0 Å². The average molecular weight is 401 g/mol. The summed E-state index contributed by atoms with van der Waals surface area (Å²) < 4.78 is 10.2. The van der Waals surface area contributed by atoms with E-state index in [4.69, 9.17) is 16.6 Å². The molecule has 0 atom stereocenters. The van der Waals surface area contributed by atoms with Crippen molar-refractivity contribution in [1.82, 2.24) is 14.6 Å².